The number of rotatable bonds is 4. The molecule has 2 aliphatic rings. The molecule has 0 saturated carbocycles. The molecule has 2 aromatic rings. The van der Waals surface area contributed by atoms with Crippen LogP contribution in [0.4, 0.5) is 17.6 Å². The molecule has 2 fully saturated rings. The molecule has 0 bridgehead atoms. The molecule has 0 aromatic carbocycles. The topological polar surface area (TPSA) is 64.5 Å². The molecule has 156 valence electrons. The van der Waals surface area contributed by atoms with Gasteiger partial charge < -0.3 is 19.6 Å². The number of thioether (sulfide) groups is 1. The van der Waals surface area contributed by atoms with Crippen molar-refractivity contribution in [3.05, 3.63) is 23.5 Å². The minimum Gasteiger partial charge on any atom is -0.353 e. The molecule has 0 unspecified atom stereocenters. The molecule has 0 amide bonds. The van der Waals surface area contributed by atoms with Crippen LogP contribution in [0.25, 0.3) is 0 Å². The van der Waals surface area contributed by atoms with Crippen LogP contribution in [0.3, 0.4) is 0 Å². The fourth-order valence-electron chi connectivity index (χ4n) is 3.79. The van der Waals surface area contributed by atoms with E-state index in [4.69, 9.17) is 15.0 Å². The van der Waals surface area contributed by atoms with Gasteiger partial charge in [0.2, 0.25) is 5.95 Å². The Balaban J connectivity index is 1.45. The molecular formula is C20H30N8S. The fraction of sp³-hybridized carbons (Fsp3) is 0.600. The zero-order valence-electron chi connectivity index (χ0n) is 17.8. The lowest BCUT2D eigenvalue weighted by atomic mass is 10.3. The number of aryl methyl sites for hydroxylation is 2. The van der Waals surface area contributed by atoms with Gasteiger partial charge in [0.25, 0.3) is 0 Å². The SMILES string of the molecule is CSc1nc(C)cc(N2CCN(c3cc(C)nc(N4CCN(C)CC4)n3)CC2)n1. The predicted molar refractivity (Wildman–Crippen MR) is 119 cm³/mol. The van der Waals surface area contributed by atoms with Crippen LogP contribution in [-0.2, 0) is 0 Å². The maximum atomic E-state index is 4.92. The van der Waals surface area contributed by atoms with E-state index in [0.717, 1.165) is 86.5 Å². The van der Waals surface area contributed by atoms with Crippen molar-refractivity contribution >= 4 is 29.3 Å². The highest BCUT2D eigenvalue weighted by atomic mass is 32.2. The Bertz CT molecular complexity index is 844. The third-order valence-corrected chi connectivity index (χ3v) is 6.09. The first kappa shape index (κ1) is 20.2. The molecule has 2 saturated heterocycles. The van der Waals surface area contributed by atoms with Crippen molar-refractivity contribution in [2.75, 3.05) is 80.4 Å². The Kier molecular flexibility index (Phi) is 6.05. The summed E-state index contributed by atoms with van der Waals surface area (Å²) in [5.74, 6) is 2.93. The van der Waals surface area contributed by atoms with Crippen molar-refractivity contribution in [2.24, 2.45) is 0 Å². The lowest BCUT2D eigenvalue weighted by Gasteiger charge is -2.37. The van der Waals surface area contributed by atoms with E-state index >= 15 is 0 Å². The van der Waals surface area contributed by atoms with Crippen molar-refractivity contribution < 1.29 is 0 Å². The molecule has 2 aliphatic heterocycles. The van der Waals surface area contributed by atoms with Gasteiger partial charge in [0, 0.05) is 75.9 Å². The van der Waals surface area contributed by atoms with Crippen molar-refractivity contribution in [1.82, 2.24) is 24.8 Å². The lowest BCUT2D eigenvalue weighted by Crippen LogP contribution is -2.48. The number of piperazine rings is 2. The van der Waals surface area contributed by atoms with Crippen molar-refractivity contribution in [3.63, 3.8) is 0 Å². The van der Waals surface area contributed by atoms with Crippen molar-refractivity contribution in [2.45, 2.75) is 19.0 Å². The van der Waals surface area contributed by atoms with Gasteiger partial charge in [-0.2, -0.15) is 4.98 Å². The van der Waals surface area contributed by atoms with Crippen LogP contribution in [0.1, 0.15) is 11.4 Å². The molecule has 2 aromatic heterocycles. The predicted octanol–water partition coefficient (Wildman–Crippen LogP) is 1.68. The van der Waals surface area contributed by atoms with Crippen LogP contribution < -0.4 is 14.7 Å². The third kappa shape index (κ3) is 4.72. The zero-order chi connectivity index (χ0) is 20.4. The lowest BCUT2D eigenvalue weighted by molar-refractivity contribution is 0.311. The second-order valence-corrected chi connectivity index (χ2v) is 8.56. The van der Waals surface area contributed by atoms with E-state index in [2.05, 4.69) is 50.7 Å². The average molecular weight is 415 g/mol. The highest BCUT2D eigenvalue weighted by Crippen LogP contribution is 2.23. The minimum absolute atomic E-state index is 0.839. The van der Waals surface area contributed by atoms with Crippen molar-refractivity contribution in [3.8, 4) is 0 Å². The van der Waals surface area contributed by atoms with Gasteiger partial charge in [-0.05, 0) is 27.2 Å². The van der Waals surface area contributed by atoms with Crippen LogP contribution in [0.2, 0.25) is 0 Å². The highest BCUT2D eigenvalue weighted by molar-refractivity contribution is 7.98. The number of aromatic nitrogens is 4. The molecule has 4 heterocycles. The quantitative estimate of drug-likeness (QED) is 0.549. The summed E-state index contributed by atoms with van der Waals surface area (Å²) in [6, 6.07) is 4.19. The molecule has 0 radical (unpaired) electrons. The number of likely N-dealkylation sites (N-methyl/N-ethyl adjacent to an activating group) is 1. The summed E-state index contributed by atoms with van der Waals surface area (Å²) < 4.78 is 0. The van der Waals surface area contributed by atoms with Gasteiger partial charge in [0.05, 0.1) is 0 Å². The molecular weight excluding hydrogens is 384 g/mol. The molecule has 9 heteroatoms. The Morgan fingerprint density at radius 2 is 1.21 bits per heavy atom. The van der Waals surface area contributed by atoms with Crippen LogP contribution >= 0.6 is 11.8 Å². The van der Waals surface area contributed by atoms with Gasteiger partial charge in [-0.3, -0.25) is 0 Å². The standard InChI is InChI=1S/C20H30N8S/c1-15-13-17(23-19(21-15)28-7-5-25(3)6-8-28)26-9-11-27(12-10-26)18-14-16(2)22-20(24-18)29-4/h13-14H,5-12H2,1-4H3. The summed E-state index contributed by atoms with van der Waals surface area (Å²) in [5.41, 5.74) is 2.05. The Morgan fingerprint density at radius 1 is 0.690 bits per heavy atom. The molecule has 0 spiro atoms. The first-order valence-corrected chi connectivity index (χ1v) is 11.4. The summed E-state index contributed by atoms with van der Waals surface area (Å²) in [6.07, 6.45) is 2.02. The van der Waals surface area contributed by atoms with E-state index in [1.54, 1.807) is 11.8 Å². The molecule has 0 N–H and O–H groups in total. The number of hydrogen-bond acceptors (Lipinski definition) is 9. The Hall–Kier alpha value is -2.13. The highest BCUT2D eigenvalue weighted by Gasteiger charge is 2.22. The summed E-state index contributed by atoms with van der Waals surface area (Å²) in [7, 11) is 2.17. The van der Waals surface area contributed by atoms with Gasteiger partial charge in [-0.25, -0.2) is 15.0 Å². The molecule has 0 atom stereocenters. The van der Waals surface area contributed by atoms with Gasteiger partial charge in [0.15, 0.2) is 5.16 Å². The molecule has 29 heavy (non-hydrogen) atoms. The Morgan fingerprint density at radius 3 is 1.79 bits per heavy atom. The second-order valence-electron chi connectivity index (χ2n) is 7.79. The van der Waals surface area contributed by atoms with E-state index in [-0.39, 0.29) is 0 Å². The van der Waals surface area contributed by atoms with Gasteiger partial charge >= 0.3 is 0 Å². The molecule has 0 aliphatic carbocycles. The maximum absolute atomic E-state index is 4.92. The summed E-state index contributed by atoms with van der Waals surface area (Å²) in [6.45, 7) is 11.9. The Labute approximate surface area is 177 Å². The van der Waals surface area contributed by atoms with E-state index in [9.17, 15) is 0 Å². The largest absolute Gasteiger partial charge is 0.353 e. The zero-order valence-corrected chi connectivity index (χ0v) is 18.6. The monoisotopic (exact) mass is 414 g/mol. The van der Waals surface area contributed by atoms with E-state index in [1.165, 1.54) is 0 Å². The number of hydrogen-bond donors (Lipinski definition) is 0. The van der Waals surface area contributed by atoms with Gasteiger partial charge in [-0.1, -0.05) is 11.8 Å². The summed E-state index contributed by atoms with van der Waals surface area (Å²) in [5, 5.41) is 0.839. The van der Waals surface area contributed by atoms with Gasteiger partial charge in [0.1, 0.15) is 11.6 Å². The fourth-order valence-corrected chi connectivity index (χ4v) is 4.21. The van der Waals surface area contributed by atoms with E-state index < -0.39 is 0 Å². The van der Waals surface area contributed by atoms with Crippen LogP contribution in [0.5, 0.6) is 0 Å². The second kappa shape index (κ2) is 8.71. The maximum Gasteiger partial charge on any atom is 0.227 e. The molecule has 8 nitrogen and oxygen atoms in total. The smallest absolute Gasteiger partial charge is 0.227 e. The van der Waals surface area contributed by atoms with E-state index in [1.807, 2.05) is 13.2 Å². The van der Waals surface area contributed by atoms with Crippen LogP contribution in [0, 0.1) is 13.8 Å². The average Bonchev–Trinajstić information content (AvgIpc) is 2.73. The van der Waals surface area contributed by atoms with Gasteiger partial charge in [-0.15, -0.1) is 0 Å². The third-order valence-electron chi connectivity index (χ3n) is 5.55. The normalized spacial score (nSPS) is 18.4. The van der Waals surface area contributed by atoms with Crippen molar-refractivity contribution in [1.29, 1.82) is 0 Å². The minimum atomic E-state index is 0.839. The first-order chi connectivity index (χ1) is 14.0. The number of anilines is 3. The first-order valence-electron chi connectivity index (χ1n) is 10.2. The summed E-state index contributed by atoms with van der Waals surface area (Å²) >= 11 is 1.59. The van der Waals surface area contributed by atoms with Crippen LogP contribution in [-0.4, -0.2) is 90.5 Å². The van der Waals surface area contributed by atoms with E-state index in [0.29, 0.717) is 0 Å². The number of nitrogens with zero attached hydrogens (tertiary/aromatic N) is 8. The molecule has 4 rings (SSSR count). The van der Waals surface area contributed by atoms with Crippen LogP contribution in [0.15, 0.2) is 17.3 Å². The summed E-state index contributed by atoms with van der Waals surface area (Å²) in [4.78, 5) is 28.2.